The molecule has 2 N–H and O–H groups in total. The Balaban J connectivity index is 1.51. The first-order valence-electron chi connectivity index (χ1n) is 10.9. The highest BCUT2D eigenvalue weighted by molar-refractivity contribution is 5.43. The van der Waals surface area contributed by atoms with Crippen LogP contribution in [0.1, 0.15) is 55.8 Å². The van der Waals surface area contributed by atoms with Crippen LogP contribution in [0.25, 0.3) is 5.69 Å². The van der Waals surface area contributed by atoms with Gasteiger partial charge in [-0.25, -0.2) is 9.97 Å². The minimum Gasteiger partial charge on any atom is -0.393 e. The number of benzene rings is 1. The summed E-state index contributed by atoms with van der Waals surface area (Å²) in [6, 6.07) is 10.1. The van der Waals surface area contributed by atoms with E-state index in [9.17, 15) is 10.4 Å². The van der Waals surface area contributed by atoms with Gasteiger partial charge in [0.05, 0.1) is 29.2 Å². The van der Waals surface area contributed by atoms with Crippen LogP contribution in [-0.4, -0.2) is 41.4 Å². The maximum absolute atomic E-state index is 10.2. The molecule has 1 aromatic carbocycles. The summed E-state index contributed by atoms with van der Waals surface area (Å²) in [6.45, 7) is 6.55. The molecule has 1 aliphatic rings. The molecule has 1 saturated carbocycles. The number of anilines is 1. The normalized spacial score (nSPS) is 20.0. The van der Waals surface area contributed by atoms with Crippen molar-refractivity contribution in [1.82, 2.24) is 30.2 Å². The SMILES string of the molecule is Cc1nnnn1-c1ccccc1CNc1ncc(C#N)c(C[C@@H]2CC[C@@H](O)C(C)(C)C2)n1. The molecule has 166 valence electrons. The molecule has 3 aromatic rings. The van der Waals surface area contributed by atoms with Crippen LogP contribution in [0.4, 0.5) is 5.95 Å². The molecule has 9 nitrogen and oxygen atoms in total. The molecule has 9 heteroatoms. The first-order chi connectivity index (χ1) is 15.4. The monoisotopic (exact) mass is 432 g/mol. The van der Waals surface area contributed by atoms with Crippen molar-refractivity contribution in [2.75, 3.05) is 5.32 Å². The van der Waals surface area contributed by atoms with Gasteiger partial charge in [0.15, 0.2) is 5.82 Å². The Hall–Kier alpha value is -3.38. The van der Waals surface area contributed by atoms with Crippen molar-refractivity contribution in [3.05, 3.63) is 53.1 Å². The van der Waals surface area contributed by atoms with Crippen LogP contribution < -0.4 is 5.32 Å². The van der Waals surface area contributed by atoms with Gasteiger partial charge in [-0.15, -0.1) is 5.10 Å². The van der Waals surface area contributed by atoms with E-state index in [0.717, 1.165) is 36.2 Å². The Labute approximate surface area is 187 Å². The van der Waals surface area contributed by atoms with Crippen molar-refractivity contribution < 1.29 is 5.11 Å². The van der Waals surface area contributed by atoms with Gasteiger partial charge in [0.2, 0.25) is 5.95 Å². The molecule has 2 atom stereocenters. The molecule has 0 spiro atoms. The van der Waals surface area contributed by atoms with Gasteiger partial charge in [-0.05, 0) is 66.0 Å². The third-order valence-corrected chi connectivity index (χ3v) is 6.32. The average molecular weight is 433 g/mol. The smallest absolute Gasteiger partial charge is 0.223 e. The predicted octanol–water partition coefficient (Wildman–Crippen LogP) is 2.97. The Morgan fingerprint density at radius 3 is 2.81 bits per heavy atom. The molecule has 4 rings (SSSR count). The first kappa shape index (κ1) is 21.8. The number of aryl methyl sites for hydroxylation is 1. The van der Waals surface area contributed by atoms with Crippen molar-refractivity contribution in [2.24, 2.45) is 11.3 Å². The van der Waals surface area contributed by atoms with Crippen LogP contribution in [0.3, 0.4) is 0 Å². The largest absolute Gasteiger partial charge is 0.393 e. The number of aliphatic hydroxyl groups is 1. The lowest BCUT2D eigenvalue weighted by atomic mass is 9.69. The number of nitriles is 1. The number of hydrogen-bond acceptors (Lipinski definition) is 8. The molecule has 1 fully saturated rings. The number of rotatable bonds is 6. The van der Waals surface area contributed by atoms with E-state index in [1.165, 1.54) is 0 Å². The van der Waals surface area contributed by atoms with Crippen LogP contribution in [0.15, 0.2) is 30.5 Å². The molecule has 0 aliphatic heterocycles. The summed E-state index contributed by atoms with van der Waals surface area (Å²) in [4.78, 5) is 9.01. The number of aliphatic hydroxyl groups excluding tert-OH is 1. The molecular formula is C23H28N8O. The van der Waals surface area contributed by atoms with Gasteiger partial charge in [0.25, 0.3) is 0 Å². The van der Waals surface area contributed by atoms with Crippen LogP contribution >= 0.6 is 0 Å². The molecule has 2 aromatic heterocycles. The highest BCUT2D eigenvalue weighted by atomic mass is 16.3. The summed E-state index contributed by atoms with van der Waals surface area (Å²) < 4.78 is 1.70. The zero-order valence-corrected chi connectivity index (χ0v) is 18.7. The van der Waals surface area contributed by atoms with Crippen molar-refractivity contribution >= 4 is 5.95 Å². The zero-order chi connectivity index (χ0) is 22.7. The second-order valence-corrected chi connectivity index (χ2v) is 9.14. The van der Waals surface area contributed by atoms with Gasteiger partial charge >= 0.3 is 0 Å². The number of nitrogens with one attached hydrogen (secondary N) is 1. The molecule has 0 amide bonds. The fraction of sp³-hybridized carbons (Fsp3) is 0.478. The van der Waals surface area contributed by atoms with Gasteiger partial charge in [-0.3, -0.25) is 0 Å². The van der Waals surface area contributed by atoms with E-state index in [1.54, 1.807) is 10.9 Å². The Morgan fingerprint density at radius 2 is 2.09 bits per heavy atom. The maximum atomic E-state index is 10.2. The average Bonchev–Trinajstić information content (AvgIpc) is 3.20. The van der Waals surface area contributed by atoms with Crippen LogP contribution in [0, 0.1) is 29.6 Å². The molecule has 2 heterocycles. The highest BCUT2D eigenvalue weighted by Crippen LogP contribution is 2.40. The number of aromatic nitrogens is 6. The minimum atomic E-state index is -0.277. The summed E-state index contributed by atoms with van der Waals surface area (Å²) >= 11 is 0. The van der Waals surface area contributed by atoms with Crippen molar-refractivity contribution in [3.63, 3.8) is 0 Å². The van der Waals surface area contributed by atoms with Gasteiger partial charge in [0.1, 0.15) is 6.07 Å². The summed E-state index contributed by atoms with van der Waals surface area (Å²) in [5.41, 5.74) is 3.03. The summed E-state index contributed by atoms with van der Waals surface area (Å²) in [5.74, 6) is 1.57. The van der Waals surface area contributed by atoms with E-state index in [4.69, 9.17) is 0 Å². The lowest BCUT2D eigenvalue weighted by Gasteiger charge is -2.39. The number of tetrazole rings is 1. The molecule has 0 unspecified atom stereocenters. The molecule has 0 saturated heterocycles. The number of nitrogens with zero attached hydrogens (tertiary/aromatic N) is 7. The summed E-state index contributed by atoms with van der Waals surface area (Å²) in [6.07, 6.45) is 4.64. The Morgan fingerprint density at radius 1 is 1.28 bits per heavy atom. The number of para-hydroxylation sites is 1. The van der Waals surface area contributed by atoms with E-state index >= 15 is 0 Å². The van der Waals surface area contributed by atoms with Gasteiger partial charge in [0, 0.05) is 6.54 Å². The molecule has 0 bridgehead atoms. The second-order valence-electron chi connectivity index (χ2n) is 9.14. The third-order valence-electron chi connectivity index (χ3n) is 6.32. The Bertz CT molecular complexity index is 1130. The molecule has 32 heavy (non-hydrogen) atoms. The fourth-order valence-electron chi connectivity index (χ4n) is 4.46. The first-order valence-corrected chi connectivity index (χ1v) is 10.9. The minimum absolute atomic E-state index is 0.123. The third kappa shape index (κ3) is 4.60. The van der Waals surface area contributed by atoms with E-state index in [-0.39, 0.29) is 11.5 Å². The van der Waals surface area contributed by atoms with Crippen LogP contribution in [0.5, 0.6) is 0 Å². The molecule has 0 radical (unpaired) electrons. The summed E-state index contributed by atoms with van der Waals surface area (Å²) in [7, 11) is 0. The molecular weight excluding hydrogens is 404 g/mol. The summed E-state index contributed by atoms with van der Waals surface area (Å²) in [5, 5.41) is 34.8. The lowest BCUT2D eigenvalue weighted by molar-refractivity contribution is -0.00748. The van der Waals surface area contributed by atoms with E-state index in [1.807, 2.05) is 31.2 Å². The predicted molar refractivity (Wildman–Crippen MR) is 119 cm³/mol. The number of hydrogen-bond donors (Lipinski definition) is 2. The van der Waals surface area contributed by atoms with Crippen molar-refractivity contribution in [2.45, 2.75) is 59.1 Å². The molecule has 1 aliphatic carbocycles. The Kier molecular flexibility index (Phi) is 6.15. The van der Waals surface area contributed by atoms with Crippen LogP contribution in [-0.2, 0) is 13.0 Å². The maximum Gasteiger partial charge on any atom is 0.223 e. The second kappa shape index (κ2) is 9.01. The zero-order valence-electron chi connectivity index (χ0n) is 18.7. The van der Waals surface area contributed by atoms with Crippen molar-refractivity contribution in [3.8, 4) is 11.8 Å². The van der Waals surface area contributed by atoms with Gasteiger partial charge in [-0.2, -0.15) is 9.94 Å². The quantitative estimate of drug-likeness (QED) is 0.609. The lowest BCUT2D eigenvalue weighted by Crippen LogP contribution is -2.37. The van der Waals surface area contributed by atoms with Crippen LogP contribution in [0.2, 0.25) is 0 Å². The highest BCUT2D eigenvalue weighted by Gasteiger charge is 2.35. The van der Waals surface area contributed by atoms with Gasteiger partial charge < -0.3 is 10.4 Å². The van der Waals surface area contributed by atoms with Crippen molar-refractivity contribution in [1.29, 1.82) is 5.26 Å². The standard InChI is InChI=1S/C23H28N8O/c1-15-28-29-30-31(15)20-7-5-4-6-17(20)13-25-22-26-14-18(12-24)19(27-22)10-16-8-9-21(32)23(2,3)11-16/h4-7,14,16,21,32H,8-11,13H2,1-3H3,(H,25,26,27)/t16-,21+/m0/s1. The van der Waals surface area contributed by atoms with E-state index < -0.39 is 0 Å². The van der Waals surface area contributed by atoms with E-state index in [2.05, 4.69) is 50.7 Å². The fourth-order valence-corrected chi connectivity index (χ4v) is 4.46. The van der Waals surface area contributed by atoms with Gasteiger partial charge in [-0.1, -0.05) is 32.0 Å². The topological polar surface area (TPSA) is 125 Å². The van der Waals surface area contributed by atoms with E-state index in [0.29, 0.717) is 36.2 Å².